The van der Waals surface area contributed by atoms with Gasteiger partial charge in [-0.3, -0.25) is 14.6 Å². The van der Waals surface area contributed by atoms with Crippen LogP contribution in [0.5, 0.6) is 0 Å². The number of esters is 1. The van der Waals surface area contributed by atoms with Gasteiger partial charge in [0.2, 0.25) is 5.91 Å². The second kappa shape index (κ2) is 9.29. The average molecular weight is 424 g/mol. The summed E-state index contributed by atoms with van der Waals surface area (Å²) in [4.78, 5) is 44.7. The third-order valence-electron chi connectivity index (χ3n) is 5.40. The number of carbonyl (C=O) groups is 3. The van der Waals surface area contributed by atoms with Crippen molar-refractivity contribution < 1.29 is 19.1 Å². The molecular formula is C24H29N3O4. The van der Waals surface area contributed by atoms with Crippen LogP contribution in [0.25, 0.3) is 10.9 Å². The molecule has 0 saturated carbocycles. The fraction of sp³-hybridized carbons (Fsp3) is 0.417. The van der Waals surface area contributed by atoms with E-state index in [1.54, 1.807) is 24.4 Å². The van der Waals surface area contributed by atoms with Crippen LogP contribution in [-0.4, -0.2) is 52.9 Å². The van der Waals surface area contributed by atoms with Crippen molar-refractivity contribution in [3.05, 3.63) is 54.7 Å². The molecule has 0 radical (unpaired) electrons. The molecule has 1 N–H and O–H groups in total. The van der Waals surface area contributed by atoms with Crippen molar-refractivity contribution in [1.82, 2.24) is 15.2 Å². The van der Waals surface area contributed by atoms with E-state index in [1.165, 1.54) is 11.0 Å². The number of likely N-dealkylation sites (tertiary alicyclic amines) is 1. The van der Waals surface area contributed by atoms with E-state index in [2.05, 4.69) is 16.9 Å². The molecule has 1 fully saturated rings. The highest BCUT2D eigenvalue weighted by atomic mass is 16.5. The summed E-state index contributed by atoms with van der Waals surface area (Å²) in [6, 6.07) is 7.50. The van der Waals surface area contributed by atoms with E-state index in [4.69, 9.17) is 4.74 Å². The van der Waals surface area contributed by atoms with Gasteiger partial charge in [0, 0.05) is 23.7 Å². The Morgan fingerprint density at radius 2 is 2.10 bits per heavy atom. The number of rotatable bonds is 6. The molecular weight excluding hydrogens is 394 g/mol. The van der Waals surface area contributed by atoms with Crippen LogP contribution >= 0.6 is 0 Å². The molecule has 7 nitrogen and oxygen atoms in total. The van der Waals surface area contributed by atoms with Gasteiger partial charge in [-0.15, -0.1) is 0 Å². The standard InChI is InChI=1S/C24H29N3O4/c1-5-14-31-23(30)19-9-7-13-27(19)22(29)20(24(2,3)4)26-21(28)17-10-11-18-16(15-17)8-6-12-25-18/h5-6,8,10-12,15,19-20H,1,7,9,13-14H2,2-4H3,(H,26,28)/t19-,20+/m1/s1. The zero-order valence-electron chi connectivity index (χ0n) is 18.3. The maximum atomic E-state index is 13.4. The van der Waals surface area contributed by atoms with Gasteiger partial charge >= 0.3 is 5.97 Å². The lowest BCUT2D eigenvalue weighted by molar-refractivity contribution is -0.153. The third-order valence-corrected chi connectivity index (χ3v) is 5.40. The average Bonchev–Trinajstić information content (AvgIpc) is 3.24. The van der Waals surface area contributed by atoms with Crippen LogP contribution in [0.2, 0.25) is 0 Å². The lowest BCUT2D eigenvalue weighted by Crippen LogP contribution is -2.56. The number of nitrogens with one attached hydrogen (secondary N) is 1. The first-order valence-corrected chi connectivity index (χ1v) is 10.5. The Kier molecular flexibility index (Phi) is 6.73. The van der Waals surface area contributed by atoms with Crippen LogP contribution in [0.15, 0.2) is 49.2 Å². The second-order valence-corrected chi connectivity index (χ2v) is 8.79. The van der Waals surface area contributed by atoms with Crippen LogP contribution in [0, 0.1) is 5.41 Å². The summed E-state index contributed by atoms with van der Waals surface area (Å²) in [7, 11) is 0. The van der Waals surface area contributed by atoms with Crippen molar-refractivity contribution in [2.75, 3.05) is 13.2 Å². The van der Waals surface area contributed by atoms with Gasteiger partial charge < -0.3 is 15.0 Å². The maximum absolute atomic E-state index is 13.4. The Labute approximate surface area is 182 Å². The van der Waals surface area contributed by atoms with E-state index in [9.17, 15) is 14.4 Å². The molecule has 0 bridgehead atoms. The van der Waals surface area contributed by atoms with Crippen LogP contribution in [0.1, 0.15) is 44.0 Å². The number of aromatic nitrogens is 1. The molecule has 164 valence electrons. The van der Waals surface area contributed by atoms with E-state index in [-0.39, 0.29) is 18.4 Å². The maximum Gasteiger partial charge on any atom is 0.329 e. The van der Waals surface area contributed by atoms with Crippen molar-refractivity contribution in [3.8, 4) is 0 Å². The summed E-state index contributed by atoms with van der Waals surface area (Å²) in [6.07, 6.45) is 4.45. The molecule has 0 aliphatic carbocycles. The molecule has 2 amide bonds. The molecule has 1 aromatic heterocycles. The monoisotopic (exact) mass is 423 g/mol. The SMILES string of the molecule is C=CCOC(=O)[C@H]1CCCN1C(=O)[C@H](NC(=O)c1ccc2ncccc2c1)C(C)(C)C. The molecule has 31 heavy (non-hydrogen) atoms. The van der Waals surface area contributed by atoms with Crippen molar-refractivity contribution in [3.63, 3.8) is 0 Å². The molecule has 1 saturated heterocycles. The number of ether oxygens (including phenoxy) is 1. The van der Waals surface area contributed by atoms with E-state index in [0.717, 1.165) is 10.9 Å². The molecule has 1 aromatic carbocycles. The molecule has 0 spiro atoms. The van der Waals surface area contributed by atoms with Gasteiger partial charge in [-0.25, -0.2) is 4.79 Å². The van der Waals surface area contributed by atoms with Gasteiger partial charge in [0.05, 0.1) is 5.52 Å². The highest BCUT2D eigenvalue weighted by molar-refractivity contribution is 6.00. The zero-order valence-corrected chi connectivity index (χ0v) is 18.3. The topological polar surface area (TPSA) is 88.6 Å². The Bertz CT molecular complexity index is 996. The number of hydrogen-bond donors (Lipinski definition) is 1. The molecule has 0 unspecified atom stereocenters. The summed E-state index contributed by atoms with van der Waals surface area (Å²) in [5.41, 5.74) is 0.690. The smallest absolute Gasteiger partial charge is 0.329 e. The fourth-order valence-corrected chi connectivity index (χ4v) is 3.76. The van der Waals surface area contributed by atoms with Gasteiger partial charge in [0.1, 0.15) is 18.7 Å². The first-order valence-electron chi connectivity index (χ1n) is 10.5. The predicted molar refractivity (Wildman–Crippen MR) is 118 cm³/mol. The summed E-state index contributed by atoms with van der Waals surface area (Å²) < 4.78 is 5.17. The van der Waals surface area contributed by atoms with E-state index >= 15 is 0 Å². The highest BCUT2D eigenvalue weighted by Crippen LogP contribution is 2.27. The van der Waals surface area contributed by atoms with Gasteiger partial charge in [0.15, 0.2) is 0 Å². The number of amides is 2. The molecule has 1 aliphatic rings. The number of fused-ring (bicyclic) bond motifs is 1. The molecule has 2 heterocycles. The van der Waals surface area contributed by atoms with E-state index in [0.29, 0.717) is 24.9 Å². The lowest BCUT2D eigenvalue weighted by Gasteiger charge is -2.35. The first-order chi connectivity index (χ1) is 14.7. The van der Waals surface area contributed by atoms with Crippen molar-refractivity contribution in [1.29, 1.82) is 0 Å². The minimum atomic E-state index is -0.794. The van der Waals surface area contributed by atoms with Crippen LogP contribution < -0.4 is 5.32 Å². The number of benzene rings is 1. The van der Waals surface area contributed by atoms with Crippen LogP contribution in [0.4, 0.5) is 0 Å². The molecule has 2 atom stereocenters. The number of pyridine rings is 1. The molecule has 7 heteroatoms. The van der Waals surface area contributed by atoms with Crippen molar-refractivity contribution in [2.24, 2.45) is 5.41 Å². The predicted octanol–water partition coefficient (Wildman–Crippen LogP) is 3.10. The Hall–Kier alpha value is -3.22. The number of hydrogen-bond acceptors (Lipinski definition) is 5. The van der Waals surface area contributed by atoms with E-state index < -0.39 is 23.5 Å². The van der Waals surface area contributed by atoms with Crippen LogP contribution in [0.3, 0.4) is 0 Å². The Morgan fingerprint density at radius 3 is 2.81 bits per heavy atom. The number of carbonyl (C=O) groups excluding carboxylic acids is 3. The zero-order chi connectivity index (χ0) is 22.6. The summed E-state index contributed by atoms with van der Waals surface area (Å²) >= 11 is 0. The van der Waals surface area contributed by atoms with E-state index in [1.807, 2.05) is 32.9 Å². The summed E-state index contributed by atoms with van der Waals surface area (Å²) in [5.74, 6) is -1.06. The molecule has 1 aliphatic heterocycles. The first kappa shape index (κ1) is 22.5. The third kappa shape index (κ3) is 5.10. The van der Waals surface area contributed by atoms with Crippen LogP contribution in [-0.2, 0) is 14.3 Å². The van der Waals surface area contributed by atoms with Gasteiger partial charge in [-0.05, 0) is 42.5 Å². The van der Waals surface area contributed by atoms with Crippen molar-refractivity contribution >= 4 is 28.7 Å². The fourth-order valence-electron chi connectivity index (χ4n) is 3.76. The largest absolute Gasteiger partial charge is 0.460 e. The highest BCUT2D eigenvalue weighted by Gasteiger charge is 2.42. The van der Waals surface area contributed by atoms with Gasteiger partial charge in [-0.1, -0.05) is 39.5 Å². The van der Waals surface area contributed by atoms with Crippen molar-refractivity contribution in [2.45, 2.75) is 45.7 Å². The minimum Gasteiger partial charge on any atom is -0.460 e. The lowest BCUT2D eigenvalue weighted by atomic mass is 9.85. The summed E-state index contributed by atoms with van der Waals surface area (Å²) in [5, 5.41) is 3.74. The quantitative estimate of drug-likeness (QED) is 0.570. The summed E-state index contributed by atoms with van der Waals surface area (Å²) in [6.45, 7) is 9.78. The van der Waals surface area contributed by atoms with Gasteiger partial charge in [-0.2, -0.15) is 0 Å². The molecule has 2 aromatic rings. The second-order valence-electron chi connectivity index (χ2n) is 8.79. The normalized spacial score (nSPS) is 17.3. The minimum absolute atomic E-state index is 0.105. The van der Waals surface area contributed by atoms with Gasteiger partial charge in [0.25, 0.3) is 5.91 Å². The Balaban J connectivity index is 1.80. The Morgan fingerprint density at radius 1 is 1.32 bits per heavy atom. The molecule has 3 rings (SSSR count). The number of nitrogens with zero attached hydrogens (tertiary/aromatic N) is 2.